The van der Waals surface area contributed by atoms with Gasteiger partial charge < -0.3 is 19.8 Å². The van der Waals surface area contributed by atoms with Gasteiger partial charge in [0.1, 0.15) is 6.61 Å². The standard InChI is InChI=1S/C26H27ClN2O2/c1-2-30-26-15-19(10-11-25(26)31-18-20-6-5-7-22(27)14-20)16-28-13-12-21-17-29-24-9-4-3-8-23(21)24/h3-11,14-15,17,28-29H,2,12-13,16,18H2,1H3. The second-order valence-corrected chi connectivity index (χ2v) is 7.86. The van der Waals surface area contributed by atoms with Gasteiger partial charge in [0, 0.05) is 28.7 Å². The maximum absolute atomic E-state index is 6.06. The number of hydrogen-bond acceptors (Lipinski definition) is 3. The van der Waals surface area contributed by atoms with Crippen molar-refractivity contribution in [3.05, 3.63) is 94.6 Å². The summed E-state index contributed by atoms with van der Waals surface area (Å²) in [5.74, 6) is 1.50. The summed E-state index contributed by atoms with van der Waals surface area (Å²) < 4.78 is 11.8. The van der Waals surface area contributed by atoms with Gasteiger partial charge in [-0.3, -0.25) is 0 Å². The fraction of sp³-hybridized carbons (Fsp3) is 0.231. The first-order valence-electron chi connectivity index (χ1n) is 10.6. The molecular weight excluding hydrogens is 408 g/mol. The predicted octanol–water partition coefficient (Wildman–Crippen LogP) is 6.13. The number of hydrogen-bond donors (Lipinski definition) is 2. The Kier molecular flexibility index (Phi) is 7.13. The Morgan fingerprint density at radius 2 is 1.81 bits per heavy atom. The number of fused-ring (bicyclic) bond motifs is 1. The molecule has 0 bridgehead atoms. The van der Waals surface area contributed by atoms with Gasteiger partial charge in [-0.1, -0.05) is 48.0 Å². The molecule has 0 fully saturated rings. The minimum atomic E-state index is 0.447. The largest absolute Gasteiger partial charge is 0.490 e. The van der Waals surface area contributed by atoms with Crippen molar-refractivity contribution in [1.82, 2.24) is 10.3 Å². The normalized spacial score (nSPS) is 11.0. The second-order valence-electron chi connectivity index (χ2n) is 7.42. The van der Waals surface area contributed by atoms with Crippen LogP contribution in [0.4, 0.5) is 0 Å². The zero-order chi connectivity index (χ0) is 21.5. The number of benzene rings is 3. The predicted molar refractivity (Wildman–Crippen MR) is 127 cm³/mol. The fourth-order valence-corrected chi connectivity index (χ4v) is 3.84. The van der Waals surface area contributed by atoms with E-state index in [1.807, 2.05) is 37.3 Å². The van der Waals surface area contributed by atoms with Crippen LogP contribution in [0.2, 0.25) is 5.02 Å². The Hall–Kier alpha value is -2.95. The minimum absolute atomic E-state index is 0.447. The maximum atomic E-state index is 6.06. The average Bonchev–Trinajstić information content (AvgIpc) is 3.19. The summed E-state index contributed by atoms with van der Waals surface area (Å²) in [5.41, 5.74) is 4.71. The summed E-state index contributed by atoms with van der Waals surface area (Å²) in [6, 6.07) is 22.2. The number of para-hydroxylation sites is 1. The number of aromatic nitrogens is 1. The molecule has 0 spiro atoms. The van der Waals surface area contributed by atoms with E-state index >= 15 is 0 Å². The molecule has 1 aromatic heterocycles. The zero-order valence-electron chi connectivity index (χ0n) is 17.7. The topological polar surface area (TPSA) is 46.3 Å². The third kappa shape index (κ3) is 5.60. The average molecular weight is 435 g/mol. The van der Waals surface area contributed by atoms with Crippen LogP contribution in [0.25, 0.3) is 10.9 Å². The van der Waals surface area contributed by atoms with Crippen LogP contribution in [0.1, 0.15) is 23.6 Å². The Bertz CT molecular complexity index is 1140. The van der Waals surface area contributed by atoms with E-state index in [1.165, 1.54) is 16.5 Å². The van der Waals surface area contributed by atoms with Gasteiger partial charge in [-0.2, -0.15) is 0 Å². The summed E-state index contributed by atoms with van der Waals surface area (Å²) in [4.78, 5) is 3.34. The van der Waals surface area contributed by atoms with E-state index in [0.29, 0.717) is 18.2 Å². The van der Waals surface area contributed by atoms with Gasteiger partial charge in [-0.15, -0.1) is 0 Å². The Balaban J connectivity index is 1.33. The van der Waals surface area contributed by atoms with E-state index in [4.69, 9.17) is 21.1 Å². The SMILES string of the molecule is CCOc1cc(CNCCc2c[nH]c3ccccc23)ccc1OCc1cccc(Cl)c1. The molecule has 0 unspecified atom stereocenters. The third-order valence-corrected chi connectivity index (χ3v) is 5.40. The molecule has 3 aromatic carbocycles. The van der Waals surface area contributed by atoms with Crippen LogP contribution < -0.4 is 14.8 Å². The van der Waals surface area contributed by atoms with Crippen molar-refractivity contribution in [1.29, 1.82) is 0 Å². The van der Waals surface area contributed by atoms with Crippen molar-refractivity contribution in [2.75, 3.05) is 13.2 Å². The van der Waals surface area contributed by atoms with Gasteiger partial charge in [-0.25, -0.2) is 0 Å². The molecule has 4 nitrogen and oxygen atoms in total. The zero-order valence-corrected chi connectivity index (χ0v) is 18.4. The molecule has 0 aliphatic carbocycles. The van der Waals surface area contributed by atoms with Crippen LogP contribution in [-0.4, -0.2) is 18.1 Å². The van der Waals surface area contributed by atoms with Crippen LogP contribution in [0.5, 0.6) is 11.5 Å². The highest BCUT2D eigenvalue weighted by molar-refractivity contribution is 6.30. The van der Waals surface area contributed by atoms with Crippen molar-refractivity contribution in [2.45, 2.75) is 26.5 Å². The monoisotopic (exact) mass is 434 g/mol. The van der Waals surface area contributed by atoms with Gasteiger partial charge >= 0.3 is 0 Å². The van der Waals surface area contributed by atoms with Crippen LogP contribution >= 0.6 is 11.6 Å². The number of nitrogens with one attached hydrogen (secondary N) is 2. The number of ether oxygens (including phenoxy) is 2. The highest BCUT2D eigenvalue weighted by Gasteiger charge is 2.08. The van der Waals surface area contributed by atoms with Crippen molar-refractivity contribution in [3.63, 3.8) is 0 Å². The van der Waals surface area contributed by atoms with E-state index in [-0.39, 0.29) is 0 Å². The van der Waals surface area contributed by atoms with Crippen molar-refractivity contribution in [3.8, 4) is 11.5 Å². The molecule has 4 aromatic rings. The second kappa shape index (κ2) is 10.4. The minimum Gasteiger partial charge on any atom is -0.490 e. The lowest BCUT2D eigenvalue weighted by molar-refractivity contribution is 0.269. The molecule has 4 rings (SSSR count). The number of rotatable bonds is 10. The molecule has 0 amide bonds. The highest BCUT2D eigenvalue weighted by Crippen LogP contribution is 2.29. The molecule has 0 atom stereocenters. The quantitative estimate of drug-likeness (QED) is 0.295. The first-order valence-corrected chi connectivity index (χ1v) is 11.0. The molecule has 1 heterocycles. The molecule has 160 valence electrons. The summed E-state index contributed by atoms with van der Waals surface area (Å²) in [6.07, 6.45) is 3.08. The molecule has 31 heavy (non-hydrogen) atoms. The van der Waals surface area contributed by atoms with Crippen LogP contribution in [-0.2, 0) is 19.6 Å². The Morgan fingerprint density at radius 1 is 0.903 bits per heavy atom. The van der Waals surface area contributed by atoms with Gasteiger partial charge in [0.2, 0.25) is 0 Å². The van der Waals surface area contributed by atoms with Crippen LogP contribution in [0.3, 0.4) is 0 Å². The molecular formula is C26H27ClN2O2. The summed E-state index contributed by atoms with van der Waals surface area (Å²) in [7, 11) is 0. The fourth-order valence-electron chi connectivity index (χ4n) is 3.63. The Morgan fingerprint density at radius 3 is 2.68 bits per heavy atom. The van der Waals surface area contributed by atoms with Crippen molar-refractivity contribution < 1.29 is 9.47 Å². The molecule has 0 aliphatic heterocycles. The van der Waals surface area contributed by atoms with Gasteiger partial charge in [0.05, 0.1) is 6.61 Å². The molecule has 2 N–H and O–H groups in total. The number of halogens is 1. The summed E-state index contributed by atoms with van der Waals surface area (Å²) in [5, 5.41) is 5.54. The number of aromatic amines is 1. The van der Waals surface area contributed by atoms with Crippen LogP contribution in [0.15, 0.2) is 72.9 Å². The molecule has 5 heteroatoms. The Labute approximate surface area is 188 Å². The van der Waals surface area contributed by atoms with E-state index < -0.39 is 0 Å². The first kappa shape index (κ1) is 21.3. The molecule has 0 radical (unpaired) electrons. The van der Waals surface area contributed by atoms with Gasteiger partial charge in [0.25, 0.3) is 0 Å². The summed E-state index contributed by atoms with van der Waals surface area (Å²) in [6.45, 7) is 4.69. The van der Waals surface area contributed by atoms with Gasteiger partial charge in [-0.05, 0) is 66.9 Å². The molecule has 0 saturated carbocycles. The third-order valence-electron chi connectivity index (χ3n) is 5.17. The maximum Gasteiger partial charge on any atom is 0.161 e. The van der Waals surface area contributed by atoms with E-state index in [9.17, 15) is 0 Å². The van der Waals surface area contributed by atoms with Crippen LogP contribution in [0, 0.1) is 0 Å². The van der Waals surface area contributed by atoms with Crippen molar-refractivity contribution in [2.24, 2.45) is 0 Å². The lowest BCUT2D eigenvalue weighted by atomic mass is 10.1. The first-order chi connectivity index (χ1) is 15.2. The number of H-pyrrole nitrogens is 1. The van der Waals surface area contributed by atoms with E-state index in [1.54, 1.807) is 0 Å². The van der Waals surface area contributed by atoms with E-state index in [0.717, 1.165) is 42.1 Å². The molecule has 0 saturated heterocycles. The lowest BCUT2D eigenvalue weighted by Crippen LogP contribution is -2.16. The smallest absolute Gasteiger partial charge is 0.161 e. The van der Waals surface area contributed by atoms with Gasteiger partial charge in [0.15, 0.2) is 11.5 Å². The molecule has 0 aliphatic rings. The van der Waals surface area contributed by atoms with E-state index in [2.05, 4.69) is 52.9 Å². The lowest BCUT2D eigenvalue weighted by Gasteiger charge is -2.14. The highest BCUT2D eigenvalue weighted by atomic mass is 35.5. The van der Waals surface area contributed by atoms with Crippen molar-refractivity contribution >= 4 is 22.5 Å². The summed E-state index contributed by atoms with van der Waals surface area (Å²) >= 11 is 6.06.